The zero-order valence-electron chi connectivity index (χ0n) is 15.3. The highest BCUT2D eigenvalue weighted by molar-refractivity contribution is 4.54. The van der Waals surface area contributed by atoms with Crippen molar-refractivity contribution >= 4 is 0 Å². The fourth-order valence-electron chi connectivity index (χ4n) is 1.04. The second-order valence-electron chi connectivity index (χ2n) is 4.25. The molecular weight excluding hydrogens is 320 g/mol. The van der Waals surface area contributed by atoms with Crippen molar-refractivity contribution in [2.75, 3.05) is 79.0 Å². The molecule has 0 aliphatic rings. The van der Waals surface area contributed by atoms with Crippen LogP contribution in [0.4, 0.5) is 0 Å². The number of nitrogens with zero attached hydrogens (tertiary/aromatic N) is 1. The van der Waals surface area contributed by atoms with E-state index in [2.05, 4.69) is 5.32 Å². The molecule has 0 rings (SSSR count). The standard InChI is InChI=1S/C6H15NO3.C4H11NO2.C3H8O.C2H6O/c8-4-1-7(2-5-9)3-6-10;6-3-1-5-2-4-7;1-2-3-4;1-2-3/h8-10H,1-6H2;5-7H,1-4H2;4H,2-3H2,1H3;3H,2H2,1H3. The summed E-state index contributed by atoms with van der Waals surface area (Å²) < 4.78 is 0. The number of hydrogen-bond donors (Lipinski definition) is 8. The van der Waals surface area contributed by atoms with E-state index in [4.69, 9.17) is 35.7 Å². The molecule has 152 valence electrons. The lowest BCUT2D eigenvalue weighted by atomic mass is 10.4. The Bertz CT molecular complexity index is 148. The summed E-state index contributed by atoms with van der Waals surface area (Å²) in [5.74, 6) is 0. The molecule has 0 aromatic heterocycles. The summed E-state index contributed by atoms with van der Waals surface area (Å²) in [6.45, 7) is 7.35. The van der Waals surface area contributed by atoms with Gasteiger partial charge in [0.05, 0.1) is 33.0 Å². The molecule has 0 amide bonds. The van der Waals surface area contributed by atoms with E-state index in [9.17, 15) is 0 Å². The molecule has 0 unspecified atom stereocenters. The molecule has 0 fully saturated rings. The van der Waals surface area contributed by atoms with E-state index in [0.717, 1.165) is 6.42 Å². The first-order valence-corrected chi connectivity index (χ1v) is 8.28. The molecule has 0 aromatic carbocycles. The van der Waals surface area contributed by atoms with Crippen molar-refractivity contribution in [1.82, 2.24) is 10.2 Å². The molecule has 0 heterocycles. The SMILES string of the molecule is CCCO.CCO.OCCN(CCO)CCO.OCCNCCO. The van der Waals surface area contributed by atoms with Crippen LogP contribution in [0.15, 0.2) is 0 Å². The third-order valence-corrected chi connectivity index (χ3v) is 2.05. The second kappa shape index (κ2) is 38.3. The van der Waals surface area contributed by atoms with Crippen LogP contribution in [0.2, 0.25) is 0 Å². The summed E-state index contributed by atoms with van der Waals surface area (Å²) >= 11 is 0. The zero-order valence-corrected chi connectivity index (χ0v) is 15.3. The first kappa shape index (κ1) is 31.4. The number of hydrogen-bond acceptors (Lipinski definition) is 9. The van der Waals surface area contributed by atoms with Gasteiger partial charge >= 0.3 is 0 Å². The minimum atomic E-state index is 0.0694. The molecule has 9 nitrogen and oxygen atoms in total. The van der Waals surface area contributed by atoms with Crippen molar-refractivity contribution < 1.29 is 35.7 Å². The number of aliphatic hydroxyl groups excluding tert-OH is 7. The van der Waals surface area contributed by atoms with Crippen LogP contribution >= 0.6 is 0 Å². The molecular formula is C15H40N2O7. The first-order valence-electron chi connectivity index (χ1n) is 8.28. The third-order valence-electron chi connectivity index (χ3n) is 2.05. The average Bonchev–Trinajstić information content (AvgIpc) is 2.58. The molecule has 0 radical (unpaired) electrons. The Balaban J connectivity index is -0.000000124. The van der Waals surface area contributed by atoms with Gasteiger partial charge in [0.2, 0.25) is 0 Å². The van der Waals surface area contributed by atoms with Gasteiger partial charge in [0.15, 0.2) is 0 Å². The molecule has 0 aromatic rings. The molecule has 24 heavy (non-hydrogen) atoms. The number of aliphatic hydroxyl groups is 7. The van der Waals surface area contributed by atoms with Crippen LogP contribution in [0.1, 0.15) is 20.3 Å². The van der Waals surface area contributed by atoms with Crippen molar-refractivity contribution in [2.24, 2.45) is 0 Å². The Labute approximate surface area is 146 Å². The van der Waals surface area contributed by atoms with Crippen molar-refractivity contribution in [1.29, 1.82) is 0 Å². The molecule has 9 heteroatoms. The summed E-state index contributed by atoms with van der Waals surface area (Å²) in [7, 11) is 0. The maximum absolute atomic E-state index is 8.48. The van der Waals surface area contributed by atoms with Crippen LogP contribution in [0.5, 0.6) is 0 Å². The zero-order chi connectivity index (χ0) is 19.5. The van der Waals surface area contributed by atoms with E-state index < -0.39 is 0 Å². The van der Waals surface area contributed by atoms with Crippen LogP contribution in [0.25, 0.3) is 0 Å². The molecule has 0 aliphatic carbocycles. The van der Waals surface area contributed by atoms with E-state index in [1.54, 1.807) is 11.8 Å². The molecule has 0 saturated carbocycles. The minimum Gasteiger partial charge on any atom is -0.397 e. The van der Waals surface area contributed by atoms with Crippen molar-refractivity contribution in [3.63, 3.8) is 0 Å². The normalized spacial score (nSPS) is 9.25. The van der Waals surface area contributed by atoms with Gasteiger partial charge in [-0.2, -0.15) is 0 Å². The summed E-state index contributed by atoms with van der Waals surface area (Å²) in [5.41, 5.74) is 0. The van der Waals surface area contributed by atoms with Gasteiger partial charge < -0.3 is 41.1 Å². The summed E-state index contributed by atoms with van der Waals surface area (Å²) in [6.07, 6.45) is 0.875. The van der Waals surface area contributed by atoms with E-state index >= 15 is 0 Å². The van der Waals surface area contributed by atoms with E-state index in [-0.39, 0.29) is 39.6 Å². The van der Waals surface area contributed by atoms with Gasteiger partial charge in [-0.3, -0.25) is 4.90 Å². The van der Waals surface area contributed by atoms with Crippen molar-refractivity contribution in [3.05, 3.63) is 0 Å². The van der Waals surface area contributed by atoms with Gasteiger partial charge in [0.25, 0.3) is 0 Å². The van der Waals surface area contributed by atoms with Crippen LogP contribution in [-0.4, -0.2) is 120 Å². The molecule has 0 aliphatic heterocycles. The van der Waals surface area contributed by atoms with E-state index in [1.807, 2.05) is 6.92 Å². The predicted octanol–water partition coefficient (Wildman–Crippen LogP) is -2.79. The van der Waals surface area contributed by atoms with Gasteiger partial charge in [-0.25, -0.2) is 0 Å². The van der Waals surface area contributed by atoms with E-state index in [1.165, 1.54) is 0 Å². The Hall–Kier alpha value is -0.360. The Kier molecular flexibility index (Phi) is 50.1. The number of nitrogens with one attached hydrogen (secondary N) is 1. The fourth-order valence-corrected chi connectivity index (χ4v) is 1.04. The maximum Gasteiger partial charge on any atom is 0.0558 e. The largest absolute Gasteiger partial charge is 0.397 e. The maximum atomic E-state index is 8.48. The Morgan fingerprint density at radius 2 is 0.875 bits per heavy atom. The first-order chi connectivity index (χ1) is 11.6. The fraction of sp³-hybridized carbons (Fsp3) is 1.00. The average molecular weight is 360 g/mol. The van der Waals surface area contributed by atoms with Crippen LogP contribution in [-0.2, 0) is 0 Å². The predicted molar refractivity (Wildman–Crippen MR) is 94.9 cm³/mol. The van der Waals surface area contributed by atoms with Crippen LogP contribution < -0.4 is 5.32 Å². The second-order valence-corrected chi connectivity index (χ2v) is 4.25. The van der Waals surface area contributed by atoms with Gasteiger partial charge in [-0.05, 0) is 13.3 Å². The lowest BCUT2D eigenvalue weighted by Crippen LogP contribution is -2.32. The highest BCUT2D eigenvalue weighted by atomic mass is 16.3. The summed E-state index contributed by atoms with van der Waals surface area (Å²) in [6, 6.07) is 0. The Morgan fingerprint density at radius 3 is 1.04 bits per heavy atom. The molecule has 0 atom stereocenters. The molecule has 0 bridgehead atoms. The lowest BCUT2D eigenvalue weighted by Gasteiger charge is -2.17. The minimum absolute atomic E-state index is 0.0694. The van der Waals surface area contributed by atoms with Gasteiger partial charge in [-0.15, -0.1) is 0 Å². The molecule has 8 N–H and O–H groups in total. The smallest absolute Gasteiger partial charge is 0.0558 e. The molecule has 0 spiro atoms. The summed E-state index contributed by atoms with van der Waals surface area (Å²) in [5, 5.41) is 60.0. The van der Waals surface area contributed by atoms with Gasteiger partial charge in [0.1, 0.15) is 0 Å². The van der Waals surface area contributed by atoms with Crippen molar-refractivity contribution in [2.45, 2.75) is 20.3 Å². The highest BCUT2D eigenvalue weighted by Gasteiger charge is 2.00. The summed E-state index contributed by atoms with van der Waals surface area (Å²) in [4.78, 5) is 1.79. The van der Waals surface area contributed by atoms with Crippen LogP contribution in [0, 0.1) is 0 Å². The quantitative estimate of drug-likeness (QED) is 0.182. The van der Waals surface area contributed by atoms with Crippen LogP contribution in [0.3, 0.4) is 0 Å². The highest BCUT2D eigenvalue weighted by Crippen LogP contribution is 1.84. The van der Waals surface area contributed by atoms with Gasteiger partial charge in [0, 0.05) is 45.9 Å². The molecule has 0 saturated heterocycles. The lowest BCUT2D eigenvalue weighted by molar-refractivity contribution is 0.136. The third kappa shape index (κ3) is 49.6. The van der Waals surface area contributed by atoms with Crippen molar-refractivity contribution in [3.8, 4) is 0 Å². The number of rotatable bonds is 11. The Morgan fingerprint density at radius 1 is 0.583 bits per heavy atom. The van der Waals surface area contributed by atoms with E-state index in [0.29, 0.717) is 39.3 Å². The monoisotopic (exact) mass is 360 g/mol. The topological polar surface area (TPSA) is 157 Å². The van der Waals surface area contributed by atoms with Gasteiger partial charge in [-0.1, -0.05) is 6.92 Å².